The first-order valence-electron chi connectivity index (χ1n) is 5.64. The second-order valence-electron chi connectivity index (χ2n) is 4.12. The van der Waals surface area contributed by atoms with Crippen LogP contribution in [0.1, 0.15) is 30.6 Å². The number of halogens is 1. The van der Waals surface area contributed by atoms with E-state index in [0.717, 1.165) is 6.42 Å². The van der Waals surface area contributed by atoms with Crippen LogP contribution < -0.4 is 10.5 Å². The van der Waals surface area contributed by atoms with Crippen LogP contribution in [0.25, 0.3) is 0 Å². The highest BCUT2D eigenvalue weighted by Crippen LogP contribution is 2.19. The maximum atomic E-state index is 13.4. The zero-order valence-electron chi connectivity index (χ0n) is 10.4. The first-order valence-corrected chi connectivity index (χ1v) is 5.64. The van der Waals surface area contributed by atoms with Gasteiger partial charge in [-0.25, -0.2) is 4.39 Å². The largest absolute Gasteiger partial charge is 0.494 e. The van der Waals surface area contributed by atoms with Crippen LogP contribution in [0, 0.1) is 11.7 Å². The van der Waals surface area contributed by atoms with Crippen molar-refractivity contribution in [3.8, 4) is 5.75 Å². The molecule has 3 nitrogen and oxygen atoms in total. The van der Waals surface area contributed by atoms with Gasteiger partial charge in [-0.1, -0.05) is 20.3 Å². The van der Waals surface area contributed by atoms with E-state index in [-0.39, 0.29) is 23.0 Å². The van der Waals surface area contributed by atoms with Gasteiger partial charge in [-0.2, -0.15) is 0 Å². The van der Waals surface area contributed by atoms with Gasteiger partial charge in [-0.3, -0.25) is 4.79 Å². The number of hydrogen-bond acceptors (Lipinski definition) is 3. The molecule has 4 heteroatoms. The van der Waals surface area contributed by atoms with Gasteiger partial charge in [0.05, 0.1) is 13.2 Å². The predicted molar refractivity (Wildman–Crippen MR) is 64.7 cm³/mol. The molecule has 2 unspecified atom stereocenters. The Kier molecular flexibility index (Phi) is 4.63. The highest BCUT2D eigenvalue weighted by molar-refractivity contribution is 6.00. The Morgan fingerprint density at radius 1 is 1.53 bits per heavy atom. The Morgan fingerprint density at radius 2 is 2.18 bits per heavy atom. The normalized spacial score (nSPS) is 14.2. The molecule has 0 saturated heterocycles. The number of ether oxygens (including phenoxy) is 1. The maximum absolute atomic E-state index is 13.4. The monoisotopic (exact) mass is 239 g/mol. The zero-order valence-corrected chi connectivity index (χ0v) is 10.4. The van der Waals surface area contributed by atoms with Crippen molar-refractivity contribution < 1.29 is 13.9 Å². The standard InChI is InChI=1S/C13H18FNO2/c1-4-8(2)12(15)13(16)9-5-6-11(17-3)10(14)7-9/h5-8,12H,4,15H2,1-3H3. The first kappa shape index (κ1) is 13.6. The number of benzene rings is 1. The molecule has 2 N–H and O–H groups in total. The summed E-state index contributed by atoms with van der Waals surface area (Å²) in [6.07, 6.45) is 0.811. The average Bonchev–Trinajstić information content (AvgIpc) is 2.35. The molecule has 1 aromatic carbocycles. The minimum Gasteiger partial charge on any atom is -0.494 e. The molecule has 0 aliphatic rings. The van der Waals surface area contributed by atoms with Crippen molar-refractivity contribution in [1.29, 1.82) is 0 Å². The Balaban J connectivity index is 2.93. The Morgan fingerprint density at radius 3 is 2.65 bits per heavy atom. The maximum Gasteiger partial charge on any atom is 0.179 e. The van der Waals surface area contributed by atoms with Gasteiger partial charge in [0.15, 0.2) is 17.3 Å². The summed E-state index contributed by atoms with van der Waals surface area (Å²) in [6, 6.07) is 3.55. The van der Waals surface area contributed by atoms with Crippen molar-refractivity contribution in [3.05, 3.63) is 29.6 Å². The van der Waals surface area contributed by atoms with E-state index < -0.39 is 11.9 Å². The number of methoxy groups -OCH3 is 1. The summed E-state index contributed by atoms with van der Waals surface area (Å²) in [5, 5.41) is 0. The van der Waals surface area contributed by atoms with Crippen molar-refractivity contribution in [1.82, 2.24) is 0 Å². The molecule has 1 rings (SSSR count). The minimum atomic E-state index is -0.590. The molecule has 2 atom stereocenters. The molecule has 0 saturated carbocycles. The Bertz CT molecular complexity index is 406. The van der Waals surface area contributed by atoms with Gasteiger partial charge in [-0.05, 0) is 24.1 Å². The molecule has 0 aliphatic heterocycles. The first-order chi connectivity index (χ1) is 8.01. The summed E-state index contributed by atoms with van der Waals surface area (Å²) < 4.78 is 18.2. The lowest BCUT2D eigenvalue weighted by atomic mass is 9.92. The van der Waals surface area contributed by atoms with Crippen LogP contribution in [0.4, 0.5) is 4.39 Å². The molecule has 0 amide bonds. The molecule has 17 heavy (non-hydrogen) atoms. The van der Waals surface area contributed by atoms with Crippen LogP contribution in [-0.2, 0) is 0 Å². The quantitative estimate of drug-likeness (QED) is 0.803. The van der Waals surface area contributed by atoms with Gasteiger partial charge in [0, 0.05) is 5.56 Å². The van der Waals surface area contributed by atoms with Crippen LogP contribution in [0.15, 0.2) is 18.2 Å². The lowest BCUT2D eigenvalue weighted by Crippen LogP contribution is -2.36. The van der Waals surface area contributed by atoms with E-state index in [0.29, 0.717) is 0 Å². The molecule has 0 aliphatic carbocycles. The number of Topliss-reactive ketones (excluding diaryl/α,β-unsaturated/α-hetero) is 1. The van der Waals surface area contributed by atoms with Crippen molar-refractivity contribution in [3.63, 3.8) is 0 Å². The van der Waals surface area contributed by atoms with Gasteiger partial charge < -0.3 is 10.5 Å². The van der Waals surface area contributed by atoms with E-state index in [1.165, 1.54) is 25.3 Å². The van der Waals surface area contributed by atoms with E-state index >= 15 is 0 Å². The number of nitrogens with two attached hydrogens (primary N) is 1. The molecule has 0 aromatic heterocycles. The highest BCUT2D eigenvalue weighted by Gasteiger charge is 2.21. The summed E-state index contributed by atoms with van der Waals surface area (Å²) >= 11 is 0. The van der Waals surface area contributed by atoms with Gasteiger partial charge in [0.2, 0.25) is 0 Å². The number of ketones is 1. The topological polar surface area (TPSA) is 52.3 Å². The molecule has 94 valence electrons. The van der Waals surface area contributed by atoms with Crippen LogP contribution in [0.5, 0.6) is 5.75 Å². The second-order valence-corrected chi connectivity index (χ2v) is 4.12. The fourth-order valence-corrected chi connectivity index (χ4v) is 1.52. The van der Waals surface area contributed by atoms with Gasteiger partial charge in [-0.15, -0.1) is 0 Å². The Hall–Kier alpha value is -1.42. The molecular formula is C13H18FNO2. The number of carbonyl (C=O) groups is 1. The molecule has 0 spiro atoms. The van der Waals surface area contributed by atoms with E-state index in [4.69, 9.17) is 10.5 Å². The molecule has 0 bridgehead atoms. The Labute approximate surface area is 101 Å². The highest BCUT2D eigenvalue weighted by atomic mass is 19.1. The van der Waals surface area contributed by atoms with E-state index in [1.54, 1.807) is 0 Å². The van der Waals surface area contributed by atoms with Crippen LogP contribution in [-0.4, -0.2) is 18.9 Å². The molecule has 1 aromatic rings. The summed E-state index contributed by atoms with van der Waals surface area (Å²) in [6.45, 7) is 3.87. The molecule has 0 heterocycles. The zero-order chi connectivity index (χ0) is 13.0. The van der Waals surface area contributed by atoms with Gasteiger partial charge >= 0.3 is 0 Å². The van der Waals surface area contributed by atoms with Crippen molar-refractivity contribution in [2.75, 3.05) is 7.11 Å². The summed E-state index contributed by atoms with van der Waals surface area (Å²) in [5.41, 5.74) is 6.11. The molecular weight excluding hydrogens is 221 g/mol. The van der Waals surface area contributed by atoms with E-state index in [2.05, 4.69) is 0 Å². The third-order valence-corrected chi connectivity index (χ3v) is 3.00. The van der Waals surface area contributed by atoms with Crippen LogP contribution in [0.2, 0.25) is 0 Å². The van der Waals surface area contributed by atoms with Crippen LogP contribution >= 0.6 is 0 Å². The summed E-state index contributed by atoms with van der Waals surface area (Å²) in [4.78, 5) is 12.0. The van der Waals surface area contributed by atoms with Crippen molar-refractivity contribution in [2.24, 2.45) is 11.7 Å². The summed E-state index contributed by atoms with van der Waals surface area (Å²) in [7, 11) is 1.38. The van der Waals surface area contributed by atoms with Crippen molar-refractivity contribution >= 4 is 5.78 Å². The van der Waals surface area contributed by atoms with Gasteiger partial charge in [0.25, 0.3) is 0 Å². The fourth-order valence-electron chi connectivity index (χ4n) is 1.52. The summed E-state index contributed by atoms with van der Waals surface area (Å²) in [5.74, 6) is -0.582. The second kappa shape index (κ2) is 5.77. The smallest absolute Gasteiger partial charge is 0.179 e. The van der Waals surface area contributed by atoms with Gasteiger partial charge in [0.1, 0.15) is 0 Å². The lowest BCUT2D eigenvalue weighted by molar-refractivity contribution is 0.0934. The minimum absolute atomic E-state index is 0.0765. The number of hydrogen-bond donors (Lipinski definition) is 1. The SMILES string of the molecule is CCC(C)C(N)C(=O)c1ccc(OC)c(F)c1. The van der Waals surface area contributed by atoms with E-state index in [1.807, 2.05) is 13.8 Å². The number of rotatable bonds is 5. The van der Waals surface area contributed by atoms with Crippen LogP contribution in [0.3, 0.4) is 0 Å². The third kappa shape index (κ3) is 3.03. The van der Waals surface area contributed by atoms with Crippen molar-refractivity contribution in [2.45, 2.75) is 26.3 Å². The molecule has 0 radical (unpaired) electrons. The number of carbonyl (C=O) groups excluding carboxylic acids is 1. The fraction of sp³-hybridized carbons (Fsp3) is 0.462. The van der Waals surface area contributed by atoms with E-state index in [9.17, 15) is 9.18 Å². The molecule has 0 fully saturated rings. The third-order valence-electron chi connectivity index (χ3n) is 3.00. The lowest BCUT2D eigenvalue weighted by Gasteiger charge is -2.17. The average molecular weight is 239 g/mol. The predicted octanol–water partition coefficient (Wildman–Crippen LogP) is 2.39.